The van der Waals surface area contributed by atoms with Gasteiger partial charge in [-0.15, -0.1) is 52.8 Å². The molecule has 5 nitrogen and oxygen atoms in total. The molecule has 45 heavy (non-hydrogen) atoms. The number of hydrogen-bond donors (Lipinski definition) is 0. The molecule has 1 aromatic heterocycles. The third-order valence-electron chi connectivity index (χ3n) is 9.12. The van der Waals surface area contributed by atoms with Gasteiger partial charge in [-0.1, -0.05) is 26.8 Å². The predicted molar refractivity (Wildman–Crippen MR) is 179 cm³/mol. The molecule has 1 saturated carbocycles. The number of hydrogen-bond acceptors (Lipinski definition) is 5. The number of para-hydroxylation sites is 2. The third-order valence-corrected chi connectivity index (χ3v) is 9.12. The van der Waals surface area contributed by atoms with Gasteiger partial charge in [-0.25, -0.2) is 0 Å². The molecule has 4 aromatic rings. The van der Waals surface area contributed by atoms with Crippen molar-refractivity contribution in [2.45, 2.75) is 39.5 Å². The second-order valence-electron chi connectivity index (χ2n) is 12.5. The summed E-state index contributed by atoms with van der Waals surface area (Å²) in [7, 11) is 4.01. The van der Waals surface area contributed by atoms with E-state index in [-0.39, 0.29) is 20.1 Å². The zero-order chi connectivity index (χ0) is 30.7. The van der Waals surface area contributed by atoms with Crippen molar-refractivity contribution in [1.29, 1.82) is 0 Å². The molecule has 0 spiro atoms. The molecule has 5 aliphatic rings. The van der Waals surface area contributed by atoms with Gasteiger partial charge in [0.25, 0.3) is 0 Å². The van der Waals surface area contributed by atoms with Gasteiger partial charge in [0.2, 0.25) is 0 Å². The molecular formula is C39H40IrN5-5. The van der Waals surface area contributed by atoms with Gasteiger partial charge in [0, 0.05) is 26.3 Å². The van der Waals surface area contributed by atoms with Crippen LogP contribution >= 0.6 is 0 Å². The molecule has 0 amide bonds. The first kappa shape index (κ1) is 32.5. The summed E-state index contributed by atoms with van der Waals surface area (Å²) in [6.07, 6.45) is 12.7. The van der Waals surface area contributed by atoms with Crippen molar-refractivity contribution in [3.63, 3.8) is 0 Å². The molecule has 6 heteroatoms. The standard InChI is InChI=1S/C18H18N.C11H12N2.C10H10N2.Ir/c1-18(2)14-8-13-9-17(12-6-4-3-5-7-12)19-11-15(13)16(18)10-14;1-10-5-3-4-6-11(10)13-8-7-12(2)9-13;1-11-7-8-12(9-11)10-5-3-2-4-6-10;/h3-6,9,11,14,16H,8,10H2,1-2H3;3-5,7-9H,1-2H3;2-5,7-9H,1H3;/q-1;2*-2;. The molecule has 1 fully saturated rings. The fraction of sp³-hybridized carbons (Fsp3) is 0.256. The Morgan fingerprint density at radius 2 is 1.51 bits per heavy atom. The Hall–Kier alpha value is -3.86. The van der Waals surface area contributed by atoms with E-state index in [9.17, 15) is 0 Å². The molecule has 235 valence electrons. The van der Waals surface area contributed by atoms with Crippen LogP contribution in [0.2, 0.25) is 0 Å². The first-order chi connectivity index (χ1) is 21.3. The third kappa shape index (κ3) is 7.19. The van der Waals surface area contributed by atoms with E-state index in [0.717, 1.165) is 34.5 Å². The molecule has 0 saturated heterocycles. The van der Waals surface area contributed by atoms with Crippen molar-refractivity contribution in [3.05, 3.63) is 152 Å². The normalized spacial score (nSPS) is 19.8. The quantitative estimate of drug-likeness (QED) is 0.196. The Labute approximate surface area is 283 Å². The van der Waals surface area contributed by atoms with Gasteiger partial charge in [0.1, 0.15) is 0 Å². The minimum Gasteiger partial charge on any atom is -0.510 e. The average molecular weight is 771 g/mol. The van der Waals surface area contributed by atoms with E-state index in [0.29, 0.717) is 5.41 Å². The maximum Gasteiger partial charge on any atom is 0.0198 e. The molecule has 9 rings (SSSR count). The number of aryl methyl sites for hydroxylation is 1. The Kier molecular flexibility index (Phi) is 10.2. The van der Waals surface area contributed by atoms with Gasteiger partial charge in [-0.3, -0.25) is 0 Å². The van der Waals surface area contributed by atoms with Crippen LogP contribution in [-0.4, -0.2) is 28.9 Å². The van der Waals surface area contributed by atoms with Gasteiger partial charge < -0.3 is 24.6 Å². The fourth-order valence-electron chi connectivity index (χ4n) is 6.36. The largest absolute Gasteiger partial charge is 0.510 e. The summed E-state index contributed by atoms with van der Waals surface area (Å²) in [6.45, 7) is 10.9. The Morgan fingerprint density at radius 3 is 2.11 bits per heavy atom. The predicted octanol–water partition coefficient (Wildman–Crippen LogP) is 8.20. The van der Waals surface area contributed by atoms with Crippen molar-refractivity contribution >= 4 is 11.4 Å². The molecule has 3 aliphatic carbocycles. The van der Waals surface area contributed by atoms with Gasteiger partial charge in [0.05, 0.1) is 0 Å². The van der Waals surface area contributed by atoms with Gasteiger partial charge in [-0.2, -0.15) is 67.9 Å². The second-order valence-corrected chi connectivity index (χ2v) is 12.5. The smallest absolute Gasteiger partial charge is 0.0198 e. The van der Waals surface area contributed by atoms with Crippen LogP contribution in [0.15, 0.2) is 104 Å². The van der Waals surface area contributed by atoms with E-state index in [1.165, 1.54) is 29.5 Å². The first-order valence-corrected chi connectivity index (χ1v) is 15.3. The fourth-order valence-corrected chi connectivity index (χ4v) is 6.36. The second kappa shape index (κ2) is 14.1. The molecule has 3 aromatic carbocycles. The number of aromatic nitrogens is 1. The van der Waals surface area contributed by atoms with Gasteiger partial charge >= 0.3 is 0 Å². The molecule has 0 N–H and O–H groups in total. The zero-order valence-electron chi connectivity index (χ0n) is 26.6. The van der Waals surface area contributed by atoms with Crippen LogP contribution in [0.3, 0.4) is 0 Å². The van der Waals surface area contributed by atoms with E-state index in [1.54, 1.807) is 0 Å². The van der Waals surface area contributed by atoms with Crippen LogP contribution in [0.5, 0.6) is 0 Å². The summed E-state index contributed by atoms with van der Waals surface area (Å²) in [5.74, 6) is 1.59. The Bertz CT molecular complexity index is 1620. The topological polar surface area (TPSA) is 25.9 Å². The van der Waals surface area contributed by atoms with Crippen LogP contribution in [0.25, 0.3) is 11.3 Å². The number of anilines is 2. The van der Waals surface area contributed by atoms with Crippen LogP contribution in [0.4, 0.5) is 11.4 Å². The van der Waals surface area contributed by atoms with E-state index < -0.39 is 0 Å². The summed E-state index contributed by atoms with van der Waals surface area (Å²) in [6, 6.07) is 33.9. The van der Waals surface area contributed by atoms with Crippen molar-refractivity contribution in [2.75, 3.05) is 23.9 Å². The zero-order valence-corrected chi connectivity index (χ0v) is 29.0. The van der Waals surface area contributed by atoms with Gasteiger partial charge in [-0.05, 0) is 85.8 Å². The minimum absolute atomic E-state index is 0. The SMILES string of the molecule is CC1(C)C2Cc3cc(-c4[c-]cccc4)ncc3C1C2.CN1C=CN(c2[c-]cccc2)[CH-]1.Cc1ccc[c-]c1N1C=CN(C)[CH-]1.[Ir]. The van der Waals surface area contributed by atoms with E-state index in [4.69, 9.17) is 0 Å². The first-order valence-electron chi connectivity index (χ1n) is 15.3. The molecule has 2 aliphatic heterocycles. The Morgan fingerprint density at radius 1 is 0.822 bits per heavy atom. The minimum atomic E-state index is 0. The van der Waals surface area contributed by atoms with Crippen LogP contribution < -0.4 is 9.80 Å². The maximum atomic E-state index is 4.67. The number of benzene rings is 3. The average Bonchev–Trinajstić information content (AvgIpc) is 3.70. The van der Waals surface area contributed by atoms with Crippen LogP contribution in [-0.2, 0) is 26.5 Å². The van der Waals surface area contributed by atoms with Crippen LogP contribution in [0, 0.1) is 49.8 Å². The van der Waals surface area contributed by atoms with E-state index in [1.807, 2.05) is 122 Å². The summed E-state index contributed by atoms with van der Waals surface area (Å²) < 4.78 is 0. The number of rotatable bonds is 3. The summed E-state index contributed by atoms with van der Waals surface area (Å²) in [5, 5.41) is 0. The van der Waals surface area contributed by atoms with Crippen molar-refractivity contribution in [1.82, 2.24) is 14.8 Å². The van der Waals surface area contributed by atoms with Crippen LogP contribution in [0.1, 0.15) is 42.9 Å². The Balaban J connectivity index is 0.000000137. The summed E-state index contributed by atoms with van der Waals surface area (Å²) >= 11 is 0. The molecule has 1 radical (unpaired) electrons. The maximum absolute atomic E-state index is 4.67. The van der Waals surface area contributed by atoms with Crippen molar-refractivity contribution in [3.8, 4) is 11.3 Å². The van der Waals surface area contributed by atoms with E-state index >= 15 is 0 Å². The summed E-state index contributed by atoms with van der Waals surface area (Å²) in [4.78, 5) is 12.8. The number of pyridine rings is 1. The van der Waals surface area contributed by atoms with Crippen molar-refractivity contribution < 1.29 is 20.1 Å². The molecule has 2 unspecified atom stereocenters. The van der Waals surface area contributed by atoms with Crippen molar-refractivity contribution in [2.24, 2.45) is 11.3 Å². The molecular weight excluding hydrogens is 731 g/mol. The molecule has 2 bridgehead atoms. The number of nitrogens with zero attached hydrogens (tertiary/aromatic N) is 5. The van der Waals surface area contributed by atoms with E-state index in [2.05, 4.69) is 73.3 Å². The monoisotopic (exact) mass is 771 g/mol. The molecule has 3 heterocycles. The van der Waals surface area contributed by atoms with Gasteiger partial charge in [0.15, 0.2) is 0 Å². The molecule has 2 atom stereocenters. The summed E-state index contributed by atoms with van der Waals surface area (Å²) in [5.41, 5.74) is 9.08.